The third-order valence-corrected chi connectivity index (χ3v) is 10.2. The fraction of sp³-hybridized carbons (Fsp3) is 0.127. The highest BCUT2D eigenvalue weighted by Gasteiger charge is 2.16. The molecule has 0 saturated heterocycles. The highest BCUT2D eigenvalue weighted by molar-refractivity contribution is 5.82. The van der Waals surface area contributed by atoms with Crippen LogP contribution in [0.2, 0.25) is 0 Å². The summed E-state index contributed by atoms with van der Waals surface area (Å²) in [5.74, 6) is 0. The summed E-state index contributed by atoms with van der Waals surface area (Å²) in [6.45, 7) is 3.74. The first-order valence-electron chi connectivity index (χ1n) is 23.8. The molecule has 57 heavy (non-hydrogen) atoms. The van der Waals surface area contributed by atoms with Crippen molar-refractivity contribution in [2.45, 2.75) is 46.0 Å². The molecule has 2 nitrogen and oxygen atoms in total. The Kier molecular flexibility index (Phi) is 9.01. The monoisotopic (exact) mass is 746 g/mol. The average Bonchev–Trinajstić information content (AvgIpc) is 3.35. The molecule has 0 aliphatic heterocycles. The Morgan fingerprint density at radius 3 is 1.04 bits per heavy atom. The summed E-state index contributed by atoms with van der Waals surface area (Å²) in [6.07, 6.45) is 4.39. The second-order valence-corrected chi connectivity index (χ2v) is 14.2. The van der Waals surface area contributed by atoms with E-state index in [0.717, 1.165) is 59.1 Å². The van der Waals surface area contributed by atoms with Crippen molar-refractivity contribution in [1.82, 2.24) is 0 Å². The van der Waals surface area contributed by atoms with Gasteiger partial charge in [0.1, 0.15) is 0 Å². The zero-order chi connectivity index (χ0) is 45.8. The van der Waals surface area contributed by atoms with Crippen LogP contribution in [0, 0.1) is 6.92 Å². The topological polar surface area (TPSA) is 6.48 Å². The number of unbranched alkanes of at least 4 members (excludes halogenated alkanes) is 3. The van der Waals surface area contributed by atoms with E-state index >= 15 is 0 Å². The molecule has 0 atom stereocenters. The van der Waals surface area contributed by atoms with Gasteiger partial charge < -0.3 is 9.80 Å². The molecule has 0 spiro atoms. The molecular formula is C55H50N2. The lowest BCUT2D eigenvalue weighted by Crippen LogP contribution is -2.10. The zero-order valence-corrected chi connectivity index (χ0v) is 32.4. The maximum atomic E-state index is 9.28. The predicted octanol–water partition coefficient (Wildman–Crippen LogP) is 16.1. The third kappa shape index (κ3) is 8.93. The zero-order valence-electron chi connectivity index (χ0n) is 40.4. The van der Waals surface area contributed by atoms with Crippen LogP contribution < -0.4 is 9.80 Å². The van der Waals surface area contributed by atoms with E-state index in [4.69, 9.17) is 8.22 Å². The summed E-state index contributed by atoms with van der Waals surface area (Å²) in [5, 5.41) is 0. The van der Waals surface area contributed by atoms with Crippen molar-refractivity contribution in [3.63, 3.8) is 0 Å². The van der Waals surface area contributed by atoms with Gasteiger partial charge in [-0.2, -0.15) is 0 Å². The summed E-state index contributed by atoms with van der Waals surface area (Å²) >= 11 is 0. The van der Waals surface area contributed by atoms with Gasteiger partial charge >= 0.3 is 0 Å². The van der Waals surface area contributed by atoms with Crippen molar-refractivity contribution >= 4 is 34.1 Å². The highest BCUT2D eigenvalue weighted by Crippen LogP contribution is 2.39. The second kappa shape index (κ2) is 17.9. The fourth-order valence-corrected chi connectivity index (χ4v) is 7.06. The molecule has 0 heterocycles. The molecule has 2 heteroatoms. The summed E-state index contributed by atoms with van der Waals surface area (Å²) in [4.78, 5) is 3.58. The maximum Gasteiger partial charge on any atom is 0.0645 e. The van der Waals surface area contributed by atoms with E-state index in [0.29, 0.717) is 34.7 Å². The first-order valence-corrected chi connectivity index (χ1v) is 19.8. The molecular weight excluding hydrogens is 689 g/mol. The number of hydrogen-bond donors (Lipinski definition) is 0. The van der Waals surface area contributed by atoms with Gasteiger partial charge in [0.25, 0.3) is 0 Å². The molecule has 0 unspecified atom stereocenters. The first kappa shape index (κ1) is 28.7. The molecule has 0 aromatic heterocycles. The molecule has 8 aromatic carbocycles. The van der Waals surface area contributed by atoms with Gasteiger partial charge in [-0.1, -0.05) is 165 Å². The van der Waals surface area contributed by atoms with Crippen molar-refractivity contribution in [2.75, 3.05) is 9.80 Å². The minimum atomic E-state index is -0.127. The molecule has 0 aliphatic rings. The van der Waals surface area contributed by atoms with Gasteiger partial charge in [-0.3, -0.25) is 0 Å². The number of hydrogen-bond acceptors (Lipinski definition) is 2. The summed E-state index contributed by atoms with van der Waals surface area (Å²) in [7, 11) is 0. The second-order valence-electron chi connectivity index (χ2n) is 14.2. The van der Waals surface area contributed by atoms with Crippen molar-refractivity contribution < 1.29 is 11.0 Å². The van der Waals surface area contributed by atoms with Crippen LogP contribution in [0.4, 0.5) is 34.1 Å². The minimum Gasteiger partial charge on any atom is -0.311 e. The fourth-order valence-electron chi connectivity index (χ4n) is 7.06. The standard InChI is InChI=1S/C55H50N2/c1-3-4-5-8-13-43-20-32-51(33-21-43)57(54-36-24-47(25-37-54)45-16-11-7-12-17-45)55-40-28-49(29-41-55)48-26-38-53(39-27-48)56(50-30-18-42(2)19-31-50)52-34-22-46(23-35-52)44-14-9-6-10-15-44/h6-7,9-12,14-41H,3-5,8,13H2,1-2H3/i18D,19D,20D,21D,30D,31D,32D,33D. The molecule has 8 rings (SSSR count). The number of nitrogens with zero attached hydrogens (tertiary/aromatic N) is 2. The molecule has 0 radical (unpaired) electrons. The Hall–Kier alpha value is -6.64. The van der Waals surface area contributed by atoms with Crippen LogP contribution in [0.25, 0.3) is 33.4 Å². The largest absolute Gasteiger partial charge is 0.311 e. The Morgan fingerprint density at radius 1 is 0.351 bits per heavy atom. The van der Waals surface area contributed by atoms with Gasteiger partial charge in [-0.05, 0) is 131 Å². The molecule has 280 valence electrons. The van der Waals surface area contributed by atoms with Crippen molar-refractivity contribution in [3.8, 4) is 33.4 Å². The van der Waals surface area contributed by atoms with Crippen LogP contribution in [0.15, 0.2) is 206 Å². The number of benzene rings is 8. The van der Waals surface area contributed by atoms with E-state index in [-0.39, 0.29) is 65.3 Å². The highest BCUT2D eigenvalue weighted by atomic mass is 15.1. The summed E-state index contributed by atoms with van der Waals surface area (Å²) in [5.41, 5.74) is 9.69. The van der Waals surface area contributed by atoms with E-state index in [9.17, 15) is 2.74 Å². The Balaban J connectivity index is 1.17. The Morgan fingerprint density at radius 2 is 0.684 bits per heavy atom. The van der Waals surface area contributed by atoms with E-state index in [1.54, 1.807) is 11.8 Å². The van der Waals surface area contributed by atoms with Crippen LogP contribution in [0.1, 0.15) is 54.7 Å². The van der Waals surface area contributed by atoms with E-state index in [2.05, 4.69) is 6.92 Å². The Labute approximate surface area is 350 Å². The lowest BCUT2D eigenvalue weighted by atomic mass is 10.0. The SMILES string of the molecule is [2H]c1c([2H])c(N(c2ccc(-c3ccccc3)cc2)c2ccc(-c3ccc(N(c4ccc(-c5ccccc5)cc4)c4c([2H])c([2H])c(CCCCCC)c([2H])c4[2H])cc3)cc2)c([2H])c([2H])c1C. The molecule has 0 saturated carbocycles. The van der Waals surface area contributed by atoms with Crippen LogP contribution in [-0.4, -0.2) is 0 Å². The van der Waals surface area contributed by atoms with Gasteiger partial charge in [-0.25, -0.2) is 0 Å². The average molecular weight is 747 g/mol. The molecule has 8 aromatic rings. The van der Waals surface area contributed by atoms with E-state index in [1.165, 1.54) is 0 Å². The minimum absolute atomic E-state index is 0.0140. The van der Waals surface area contributed by atoms with Gasteiger partial charge in [-0.15, -0.1) is 0 Å². The number of rotatable bonds is 14. The molecule has 0 N–H and O–H groups in total. The third-order valence-electron chi connectivity index (χ3n) is 10.2. The predicted molar refractivity (Wildman–Crippen MR) is 245 cm³/mol. The van der Waals surface area contributed by atoms with Crippen LogP contribution >= 0.6 is 0 Å². The van der Waals surface area contributed by atoms with Crippen LogP contribution in [0.3, 0.4) is 0 Å². The smallest absolute Gasteiger partial charge is 0.0645 e. The Bertz CT molecular complexity index is 2860. The summed E-state index contributed by atoms with van der Waals surface area (Å²) in [6, 6.07) is 50.7. The quantitative estimate of drug-likeness (QED) is 0.102. The van der Waals surface area contributed by atoms with Crippen LogP contribution in [0.5, 0.6) is 0 Å². The van der Waals surface area contributed by atoms with Gasteiger partial charge in [0.05, 0.1) is 11.0 Å². The maximum absolute atomic E-state index is 9.28. The van der Waals surface area contributed by atoms with E-state index in [1.807, 2.05) is 163 Å². The van der Waals surface area contributed by atoms with Crippen LogP contribution in [-0.2, 0) is 6.42 Å². The molecule has 0 amide bonds. The normalized spacial score (nSPS) is 12.9. The van der Waals surface area contributed by atoms with Crippen molar-refractivity contribution in [2.24, 2.45) is 0 Å². The molecule has 0 bridgehead atoms. The summed E-state index contributed by atoms with van der Waals surface area (Å²) < 4.78 is 72.0. The number of anilines is 6. The van der Waals surface area contributed by atoms with E-state index < -0.39 is 0 Å². The van der Waals surface area contributed by atoms with Crippen molar-refractivity contribution in [3.05, 3.63) is 217 Å². The molecule has 0 aliphatic carbocycles. The van der Waals surface area contributed by atoms with Crippen molar-refractivity contribution in [1.29, 1.82) is 0 Å². The van der Waals surface area contributed by atoms with Gasteiger partial charge in [0, 0.05) is 34.1 Å². The molecule has 0 fully saturated rings. The van der Waals surface area contributed by atoms with Gasteiger partial charge in [0.2, 0.25) is 0 Å². The van der Waals surface area contributed by atoms with Gasteiger partial charge in [0.15, 0.2) is 0 Å². The lowest BCUT2D eigenvalue weighted by molar-refractivity contribution is 0.667. The first-order chi connectivity index (χ1) is 31.5. The lowest BCUT2D eigenvalue weighted by Gasteiger charge is -2.26.